The van der Waals surface area contributed by atoms with E-state index in [-0.39, 0.29) is 5.41 Å². The highest BCUT2D eigenvalue weighted by Crippen LogP contribution is 2.42. The van der Waals surface area contributed by atoms with Crippen LogP contribution in [0, 0.1) is 11.3 Å². The average molecular weight is 311 g/mol. The number of likely N-dealkylation sites (tertiary alicyclic amines) is 1. The summed E-state index contributed by atoms with van der Waals surface area (Å²) in [5.41, 5.74) is 1.36. The predicted octanol–water partition coefficient (Wildman–Crippen LogP) is 2.00. The monoisotopic (exact) mass is 311 g/mol. The van der Waals surface area contributed by atoms with Crippen LogP contribution in [0.15, 0.2) is 49.1 Å². The number of pyridine rings is 2. The third kappa shape index (κ3) is 3.07. The molecule has 0 radical (unpaired) electrons. The first kappa shape index (κ1) is 14.6. The van der Waals surface area contributed by atoms with Gasteiger partial charge < -0.3 is 9.47 Å². The summed E-state index contributed by atoms with van der Waals surface area (Å²) in [6.07, 6.45) is 7.30. The molecule has 5 nitrogen and oxygen atoms in total. The molecule has 120 valence electrons. The number of hydrogen-bond acceptors (Lipinski definition) is 5. The second-order valence-electron chi connectivity index (χ2n) is 6.58. The smallest absolute Gasteiger partial charge is 0.137 e. The maximum atomic E-state index is 6.01. The highest BCUT2D eigenvalue weighted by Gasteiger charge is 2.51. The maximum Gasteiger partial charge on any atom is 0.137 e. The van der Waals surface area contributed by atoms with Crippen molar-refractivity contribution in [1.82, 2.24) is 14.9 Å². The van der Waals surface area contributed by atoms with Crippen molar-refractivity contribution in [2.24, 2.45) is 11.3 Å². The Balaban J connectivity index is 1.42. The van der Waals surface area contributed by atoms with E-state index in [2.05, 4.69) is 20.9 Å². The fourth-order valence-corrected chi connectivity index (χ4v) is 3.68. The molecule has 0 aromatic carbocycles. The fraction of sp³-hybridized carbons (Fsp3) is 0.444. The van der Waals surface area contributed by atoms with Gasteiger partial charge in [0.25, 0.3) is 0 Å². The number of ether oxygens (including phenoxy) is 2. The molecule has 0 unspecified atom stereocenters. The number of nitrogens with zero attached hydrogens (tertiary/aromatic N) is 3. The van der Waals surface area contributed by atoms with E-state index >= 15 is 0 Å². The van der Waals surface area contributed by atoms with E-state index in [1.807, 2.05) is 30.6 Å². The van der Waals surface area contributed by atoms with Crippen molar-refractivity contribution in [1.29, 1.82) is 0 Å². The Hall–Kier alpha value is -1.98. The number of aromatic nitrogens is 2. The molecule has 2 aliphatic heterocycles. The van der Waals surface area contributed by atoms with Gasteiger partial charge in [0.15, 0.2) is 0 Å². The van der Waals surface area contributed by atoms with Crippen molar-refractivity contribution in [2.75, 3.05) is 32.9 Å². The predicted molar refractivity (Wildman–Crippen MR) is 86.0 cm³/mol. The third-order valence-corrected chi connectivity index (χ3v) is 4.88. The molecule has 2 aliphatic rings. The van der Waals surface area contributed by atoms with Crippen LogP contribution in [0.1, 0.15) is 5.56 Å². The molecule has 0 spiro atoms. The molecule has 5 heteroatoms. The zero-order valence-electron chi connectivity index (χ0n) is 13.1. The van der Waals surface area contributed by atoms with Crippen LogP contribution in [0.25, 0.3) is 0 Å². The Morgan fingerprint density at radius 3 is 2.87 bits per heavy atom. The molecular weight excluding hydrogens is 290 g/mol. The van der Waals surface area contributed by atoms with Crippen LogP contribution in [-0.4, -0.2) is 47.8 Å². The first-order valence-electron chi connectivity index (χ1n) is 8.06. The summed E-state index contributed by atoms with van der Waals surface area (Å²) in [6, 6.07) is 7.99. The van der Waals surface area contributed by atoms with Crippen molar-refractivity contribution in [3.8, 4) is 5.75 Å². The van der Waals surface area contributed by atoms with Gasteiger partial charge in [-0.2, -0.15) is 0 Å². The van der Waals surface area contributed by atoms with Gasteiger partial charge in [-0.15, -0.1) is 0 Å². The molecule has 4 rings (SSSR count). The molecule has 0 N–H and O–H groups in total. The van der Waals surface area contributed by atoms with Gasteiger partial charge in [-0.05, 0) is 23.8 Å². The first-order valence-corrected chi connectivity index (χ1v) is 8.06. The van der Waals surface area contributed by atoms with Gasteiger partial charge in [0.2, 0.25) is 0 Å². The van der Waals surface area contributed by atoms with E-state index in [9.17, 15) is 0 Å². The summed E-state index contributed by atoms with van der Waals surface area (Å²) in [5, 5.41) is 0. The maximum absolute atomic E-state index is 6.01. The minimum Gasteiger partial charge on any atom is -0.491 e. The van der Waals surface area contributed by atoms with Gasteiger partial charge in [0.1, 0.15) is 5.75 Å². The van der Waals surface area contributed by atoms with Crippen molar-refractivity contribution >= 4 is 0 Å². The second-order valence-corrected chi connectivity index (χ2v) is 6.58. The Kier molecular flexibility index (Phi) is 3.97. The summed E-state index contributed by atoms with van der Waals surface area (Å²) in [6.45, 7) is 5.31. The zero-order chi connectivity index (χ0) is 15.5. The SMILES string of the molecule is c1cncc(CN2C[C@@H]3COC[C@]3(COc3cccnc3)C2)c1. The van der Waals surface area contributed by atoms with E-state index in [0.717, 1.165) is 38.6 Å². The normalized spacial score (nSPS) is 27.0. The molecule has 0 bridgehead atoms. The molecule has 2 aromatic rings. The van der Waals surface area contributed by atoms with Gasteiger partial charge in [-0.25, -0.2) is 0 Å². The summed E-state index contributed by atoms with van der Waals surface area (Å²) < 4.78 is 11.8. The standard InChI is InChI=1S/C18H21N3O2/c1-3-15(7-19-5-1)9-21-10-16-11-22-13-18(16,12-21)14-23-17-4-2-6-20-8-17/h1-8,16H,9-14H2/t16-,18+/m1/s1. The lowest BCUT2D eigenvalue weighted by atomic mass is 9.82. The lowest BCUT2D eigenvalue weighted by Gasteiger charge is -2.27. The van der Waals surface area contributed by atoms with Gasteiger partial charge in [-0.1, -0.05) is 6.07 Å². The minimum atomic E-state index is 0.0953. The van der Waals surface area contributed by atoms with Gasteiger partial charge >= 0.3 is 0 Å². The van der Waals surface area contributed by atoms with Crippen LogP contribution in [0.4, 0.5) is 0 Å². The molecule has 2 fully saturated rings. The Morgan fingerprint density at radius 1 is 1.22 bits per heavy atom. The fourth-order valence-electron chi connectivity index (χ4n) is 3.68. The van der Waals surface area contributed by atoms with Crippen LogP contribution >= 0.6 is 0 Å². The van der Waals surface area contributed by atoms with Gasteiger partial charge in [-0.3, -0.25) is 14.9 Å². The van der Waals surface area contributed by atoms with Crippen molar-refractivity contribution in [3.05, 3.63) is 54.6 Å². The van der Waals surface area contributed by atoms with Gasteiger partial charge in [0.05, 0.1) is 26.0 Å². The number of hydrogen-bond donors (Lipinski definition) is 0. The molecule has 2 aromatic heterocycles. The van der Waals surface area contributed by atoms with E-state index in [1.54, 1.807) is 12.4 Å². The van der Waals surface area contributed by atoms with Crippen molar-refractivity contribution < 1.29 is 9.47 Å². The van der Waals surface area contributed by atoms with E-state index in [0.29, 0.717) is 12.5 Å². The third-order valence-electron chi connectivity index (χ3n) is 4.88. The molecule has 0 amide bonds. The average Bonchev–Trinajstić information content (AvgIpc) is 3.12. The zero-order valence-corrected chi connectivity index (χ0v) is 13.1. The Bertz CT molecular complexity index is 637. The Labute approximate surface area is 136 Å². The van der Waals surface area contributed by atoms with Crippen molar-refractivity contribution in [2.45, 2.75) is 6.54 Å². The highest BCUT2D eigenvalue weighted by molar-refractivity contribution is 5.16. The molecule has 0 aliphatic carbocycles. The van der Waals surface area contributed by atoms with Crippen molar-refractivity contribution in [3.63, 3.8) is 0 Å². The van der Waals surface area contributed by atoms with Crippen LogP contribution in [0.5, 0.6) is 5.75 Å². The van der Waals surface area contributed by atoms with Crippen LogP contribution in [0.2, 0.25) is 0 Å². The summed E-state index contributed by atoms with van der Waals surface area (Å²) in [5.74, 6) is 1.37. The van der Waals surface area contributed by atoms with E-state index in [4.69, 9.17) is 9.47 Å². The van der Waals surface area contributed by atoms with Crippen LogP contribution in [-0.2, 0) is 11.3 Å². The van der Waals surface area contributed by atoms with E-state index in [1.165, 1.54) is 5.56 Å². The van der Waals surface area contributed by atoms with Crippen LogP contribution < -0.4 is 4.74 Å². The first-order chi connectivity index (χ1) is 11.3. The van der Waals surface area contributed by atoms with Gasteiger partial charge in [0, 0.05) is 49.6 Å². The quantitative estimate of drug-likeness (QED) is 0.845. The van der Waals surface area contributed by atoms with E-state index < -0.39 is 0 Å². The molecule has 2 atom stereocenters. The second kappa shape index (κ2) is 6.26. The summed E-state index contributed by atoms with van der Waals surface area (Å²) in [7, 11) is 0. The number of rotatable bonds is 5. The molecule has 0 saturated carbocycles. The largest absolute Gasteiger partial charge is 0.491 e. The lowest BCUT2D eigenvalue weighted by molar-refractivity contribution is 0.0899. The lowest BCUT2D eigenvalue weighted by Crippen LogP contribution is -2.36. The molecule has 4 heterocycles. The topological polar surface area (TPSA) is 47.5 Å². The minimum absolute atomic E-state index is 0.0953. The summed E-state index contributed by atoms with van der Waals surface area (Å²) in [4.78, 5) is 10.8. The highest BCUT2D eigenvalue weighted by atomic mass is 16.5. The van der Waals surface area contributed by atoms with Crippen LogP contribution in [0.3, 0.4) is 0 Å². The molecule has 2 saturated heterocycles. The summed E-state index contributed by atoms with van der Waals surface area (Å²) >= 11 is 0. The Morgan fingerprint density at radius 2 is 2.09 bits per heavy atom. The number of fused-ring (bicyclic) bond motifs is 1. The molecule has 23 heavy (non-hydrogen) atoms. The molecular formula is C18H21N3O2.